The Morgan fingerprint density at radius 3 is 2.60 bits per heavy atom. The van der Waals surface area contributed by atoms with E-state index in [0.717, 1.165) is 30.7 Å². The lowest BCUT2D eigenvalue weighted by Crippen LogP contribution is -2.47. The molecular weight excluding hydrogens is 335 g/mol. The second-order valence-corrected chi connectivity index (χ2v) is 6.32. The van der Waals surface area contributed by atoms with Crippen LogP contribution in [0.1, 0.15) is 30.9 Å². The Morgan fingerprint density at radius 2 is 2.04 bits per heavy atom. The minimum atomic E-state index is -4.32. The second kappa shape index (κ2) is 8.53. The number of urea groups is 1. The fraction of sp³-hybridized carbons (Fsp3) is 0.588. The summed E-state index contributed by atoms with van der Waals surface area (Å²) in [5.41, 5.74) is 0.160. The van der Waals surface area contributed by atoms with Gasteiger partial charge in [-0.1, -0.05) is 19.1 Å². The Kier molecular flexibility index (Phi) is 6.66. The number of benzene rings is 1. The predicted octanol–water partition coefficient (Wildman–Crippen LogP) is 2.35. The number of nitrogens with one attached hydrogen (secondary N) is 2. The summed E-state index contributed by atoms with van der Waals surface area (Å²) in [6.07, 6.45) is -2.89. The van der Waals surface area contributed by atoms with Gasteiger partial charge in [-0.2, -0.15) is 13.2 Å². The van der Waals surface area contributed by atoms with Crippen LogP contribution in [0.4, 0.5) is 18.0 Å². The van der Waals surface area contributed by atoms with Crippen molar-refractivity contribution >= 4 is 6.03 Å². The Hall–Kier alpha value is -1.80. The van der Waals surface area contributed by atoms with Crippen molar-refractivity contribution in [1.29, 1.82) is 0 Å². The van der Waals surface area contributed by atoms with Gasteiger partial charge in [0, 0.05) is 25.7 Å². The van der Waals surface area contributed by atoms with Crippen LogP contribution in [0.15, 0.2) is 24.3 Å². The summed E-state index contributed by atoms with van der Waals surface area (Å²) < 4.78 is 37.7. The van der Waals surface area contributed by atoms with Crippen molar-refractivity contribution in [2.24, 2.45) is 0 Å². The number of carbonyl (C=O) groups excluding carboxylic acids is 1. The molecule has 0 aromatic heterocycles. The monoisotopic (exact) mass is 359 g/mol. The van der Waals surface area contributed by atoms with E-state index < -0.39 is 11.7 Å². The molecule has 2 atom stereocenters. The van der Waals surface area contributed by atoms with Gasteiger partial charge in [0.15, 0.2) is 0 Å². The number of aliphatic hydroxyl groups is 1. The van der Waals surface area contributed by atoms with Gasteiger partial charge in [-0.25, -0.2) is 4.79 Å². The zero-order valence-electron chi connectivity index (χ0n) is 14.1. The lowest BCUT2D eigenvalue weighted by Gasteiger charge is -2.19. The van der Waals surface area contributed by atoms with Crippen LogP contribution in [-0.4, -0.2) is 47.8 Å². The molecule has 1 heterocycles. The Morgan fingerprint density at radius 1 is 1.36 bits per heavy atom. The summed E-state index contributed by atoms with van der Waals surface area (Å²) in [7, 11) is 0. The van der Waals surface area contributed by atoms with Crippen LogP contribution in [0.2, 0.25) is 0 Å². The predicted molar refractivity (Wildman–Crippen MR) is 88.0 cm³/mol. The number of carbonyl (C=O) groups is 1. The van der Waals surface area contributed by atoms with Gasteiger partial charge in [0.1, 0.15) is 0 Å². The maximum Gasteiger partial charge on any atom is 0.416 e. The summed E-state index contributed by atoms with van der Waals surface area (Å²) in [4.78, 5) is 14.0. The van der Waals surface area contributed by atoms with Crippen molar-refractivity contribution in [3.8, 4) is 0 Å². The molecule has 1 aliphatic heterocycles. The number of hydrogen-bond donors (Lipinski definition) is 3. The first-order valence-corrected chi connectivity index (χ1v) is 8.38. The molecule has 3 N–H and O–H groups in total. The average molecular weight is 359 g/mol. The van der Waals surface area contributed by atoms with E-state index in [-0.39, 0.29) is 24.7 Å². The standard InChI is InChI=1S/C17H24F3N3O2/c1-2-14(11-24)21-16(25)22-15-7-8-23(10-15)9-12-3-5-13(6-4-12)17(18,19)20/h3-6,14-15,24H,2,7-11H2,1H3,(H2,21,22,25)/t14-,15?/m1/s1. The summed E-state index contributed by atoms with van der Waals surface area (Å²) >= 11 is 0. The highest BCUT2D eigenvalue weighted by Crippen LogP contribution is 2.29. The van der Waals surface area contributed by atoms with Crippen molar-refractivity contribution < 1.29 is 23.1 Å². The van der Waals surface area contributed by atoms with Gasteiger partial charge in [0.25, 0.3) is 0 Å². The van der Waals surface area contributed by atoms with Crippen LogP contribution in [-0.2, 0) is 12.7 Å². The molecule has 0 saturated carbocycles. The SMILES string of the molecule is CC[C@H](CO)NC(=O)NC1CCN(Cc2ccc(C(F)(F)F)cc2)C1. The van der Waals surface area contributed by atoms with Gasteiger partial charge >= 0.3 is 12.2 Å². The van der Waals surface area contributed by atoms with Gasteiger partial charge in [-0.3, -0.25) is 4.90 Å². The quantitative estimate of drug-likeness (QED) is 0.731. The number of aliphatic hydroxyl groups excluding tert-OH is 1. The highest BCUT2D eigenvalue weighted by molar-refractivity contribution is 5.74. The largest absolute Gasteiger partial charge is 0.416 e. The van der Waals surface area contributed by atoms with Crippen molar-refractivity contribution in [2.75, 3.05) is 19.7 Å². The van der Waals surface area contributed by atoms with Crippen molar-refractivity contribution in [3.63, 3.8) is 0 Å². The lowest BCUT2D eigenvalue weighted by molar-refractivity contribution is -0.137. The van der Waals surface area contributed by atoms with Crippen LogP contribution in [0.3, 0.4) is 0 Å². The zero-order chi connectivity index (χ0) is 18.4. The van der Waals surface area contributed by atoms with Crippen molar-refractivity contribution in [1.82, 2.24) is 15.5 Å². The molecule has 25 heavy (non-hydrogen) atoms. The molecule has 1 saturated heterocycles. The van der Waals surface area contributed by atoms with Gasteiger partial charge in [0.2, 0.25) is 0 Å². The minimum absolute atomic E-state index is 0.00866. The molecule has 2 rings (SSSR count). The van der Waals surface area contributed by atoms with E-state index in [1.165, 1.54) is 12.1 Å². The molecule has 0 aliphatic carbocycles. The molecule has 0 radical (unpaired) electrons. The van der Waals surface area contributed by atoms with Crippen LogP contribution in [0, 0.1) is 0 Å². The molecule has 1 aromatic rings. The van der Waals surface area contributed by atoms with Crippen LogP contribution >= 0.6 is 0 Å². The summed E-state index contributed by atoms with van der Waals surface area (Å²) in [5.74, 6) is 0. The first-order chi connectivity index (χ1) is 11.8. The smallest absolute Gasteiger partial charge is 0.394 e. The first-order valence-electron chi connectivity index (χ1n) is 8.38. The number of nitrogens with zero attached hydrogens (tertiary/aromatic N) is 1. The van der Waals surface area contributed by atoms with E-state index in [1.54, 1.807) is 0 Å². The van der Waals surface area contributed by atoms with Crippen LogP contribution in [0.5, 0.6) is 0 Å². The van der Waals surface area contributed by atoms with Gasteiger partial charge in [-0.05, 0) is 30.5 Å². The van der Waals surface area contributed by atoms with Crippen molar-refractivity contribution in [2.45, 2.75) is 44.6 Å². The highest BCUT2D eigenvalue weighted by Gasteiger charge is 2.30. The van der Waals surface area contributed by atoms with E-state index >= 15 is 0 Å². The second-order valence-electron chi connectivity index (χ2n) is 6.32. The third-order valence-corrected chi connectivity index (χ3v) is 4.34. The number of rotatable bonds is 6. The van der Waals surface area contributed by atoms with Crippen LogP contribution in [0.25, 0.3) is 0 Å². The van der Waals surface area contributed by atoms with E-state index in [2.05, 4.69) is 15.5 Å². The third-order valence-electron chi connectivity index (χ3n) is 4.34. The number of amides is 2. The molecule has 1 unspecified atom stereocenters. The first kappa shape index (κ1) is 19.5. The molecular formula is C17H24F3N3O2. The van der Waals surface area contributed by atoms with E-state index in [9.17, 15) is 18.0 Å². The summed E-state index contributed by atoms with van der Waals surface area (Å²) in [6.45, 7) is 3.73. The van der Waals surface area contributed by atoms with Gasteiger partial charge in [0.05, 0.1) is 18.2 Å². The topological polar surface area (TPSA) is 64.6 Å². The Labute approximate surface area is 145 Å². The Balaban J connectivity index is 1.80. The number of halogens is 3. The minimum Gasteiger partial charge on any atom is -0.394 e. The summed E-state index contributed by atoms with van der Waals surface area (Å²) in [6, 6.07) is 4.59. The van der Waals surface area contributed by atoms with Crippen molar-refractivity contribution in [3.05, 3.63) is 35.4 Å². The molecule has 8 heteroatoms. The number of likely N-dealkylation sites (tertiary alicyclic amines) is 1. The normalized spacial score (nSPS) is 19.6. The Bertz CT molecular complexity index is 559. The molecule has 5 nitrogen and oxygen atoms in total. The maximum absolute atomic E-state index is 12.6. The van der Waals surface area contributed by atoms with Gasteiger partial charge < -0.3 is 15.7 Å². The average Bonchev–Trinajstić information content (AvgIpc) is 2.99. The molecule has 0 bridgehead atoms. The lowest BCUT2D eigenvalue weighted by atomic mass is 10.1. The molecule has 0 spiro atoms. The molecule has 140 valence electrons. The van der Waals surface area contributed by atoms with E-state index in [1.807, 2.05) is 6.92 Å². The third kappa shape index (κ3) is 5.89. The molecule has 1 aliphatic rings. The highest BCUT2D eigenvalue weighted by atomic mass is 19.4. The fourth-order valence-electron chi connectivity index (χ4n) is 2.84. The molecule has 1 fully saturated rings. The molecule has 1 aromatic carbocycles. The summed E-state index contributed by atoms with van der Waals surface area (Å²) in [5, 5.41) is 14.7. The van der Waals surface area contributed by atoms with Gasteiger partial charge in [-0.15, -0.1) is 0 Å². The maximum atomic E-state index is 12.6. The fourth-order valence-corrected chi connectivity index (χ4v) is 2.84. The number of alkyl halides is 3. The zero-order valence-corrected chi connectivity index (χ0v) is 14.1. The molecule has 2 amide bonds. The van der Waals surface area contributed by atoms with E-state index in [4.69, 9.17) is 5.11 Å². The van der Waals surface area contributed by atoms with Crippen LogP contribution < -0.4 is 10.6 Å². The number of hydrogen-bond acceptors (Lipinski definition) is 3. The van der Waals surface area contributed by atoms with E-state index in [0.29, 0.717) is 19.5 Å².